The summed E-state index contributed by atoms with van der Waals surface area (Å²) in [5, 5.41) is 0. The largest absolute Gasteiger partial charge is 0.399 e. The highest BCUT2D eigenvalue weighted by Gasteiger charge is 2.63. The predicted molar refractivity (Wildman–Crippen MR) is 101 cm³/mol. The van der Waals surface area contributed by atoms with Crippen molar-refractivity contribution in [2.24, 2.45) is 5.41 Å². The van der Waals surface area contributed by atoms with Crippen molar-refractivity contribution in [3.8, 4) is 0 Å². The Hall–Kier alpha value is -2.61. The maximum atomic E-state index is 13.4. The Balaban J connectivity index is 1.91. The maximum absolute atomic E-state index is 13.4. The van der Waals surface area contributed by atoms with Gasteiger partial charge in [-0.1, -0.05) is 6.92 Å². The van der Waals surface area contributed by atoms with Crippen LogP contribution in [0.5, 0.6) is 0 Å². The van der Waals surface area contributed by atoms with Crippen molar-refractivity contribution >= 4 is 29.2 Å². The van der Waals surface area contributed by atoms with E-state index in [9.17, 15) is 14.4 Å². The van der Waals surface area contributed by atoms with E-state index in [0.717, 1.165) is 40.7 Å². The van der Waals surface area contributed by atoms with E-state index in [2.05, 4.69) is 16.7 Å². The molecule has 3 aliphatic heterocycles. The van der Waals surface area contributed by atoms with E-state index in [1.54, 1.807) is 0 Å². The molecule has 0 aromatic heterocycles. The van der Waals surface area contributed by atoms with Crippen LogP contribution in [0, 0.1) is 5.41 Å². The fourth-order valence-corrected chi connectivity index (χ4v) is 4.81. The lowest BCUT2D eigenvalue weighted by molar-refractivity contribution is -0.160. The highest BCUT2D eigenvalue weighted by molar-refractivity contribution is 6.20. The molecule has 0 aliphatic carbocycles. The van der Waals surface area contributed by atoms with Crippen molar-refractivity contribution in [2.75, 3.05) is 50.9 Å². The Kier molecular flexibility index (Phi) is 3.92. The lowest BCUT2D eigenvalue weighted by Gasteiger charge is -2.56. The normalized spacial score (nSPS) is 25.1. The van der Waals surface area contributed by atoms with Gasteiger partial charge in [0, 0.05) is 45.1 Å². The molecule has 2 N–H and O–H groups in total. The van der Waals surface area contributed by atoms with Crippen LogP contribution in [0.25, 0.3) is 0 Å². The summed E-state index contributed by atoms with van der Waals surface area (Å²) < 4.78 is 0. The first-order valence-corrected chi connectivity index (χ1v) is 9.29. The molecule has 8 heteroatoms. The molecule has 0 radical (unpaired) electrons. The predicted octanol–water partition coefficient (Wildman–Crippen LogP) is 0.372. The van der Waals surface area contributed by atoms with Crippen LogP contribution in [-0.4, -0.2) is 78.9 Å². The average molecular weight is 371 g/mol. The summed E-state index contributed by atoms with van der Waals surface area (Å²) in [4.78, 5) is 45.7. The van der Waals surface area contributed by atoms with Gasteiger partial charge in [0.1, 0.15) is 0 Å². The molecule has 27 heavy (non-hydrogen) atoms. The van der Waals surface area contributed by atoms with Crippen LogP contribution < -0.4 is 10.6 Å². The second kappa shape index (κ2) is 5.95. The highest BCUT2D eigenvalue weighted by Crippen LogP contribution is 2.47. The van der Waals surface area contributed by atoms with Gasteiger partial charge in [-0.3, -0.25) is 24.3 Å². The van der Waals surface area contributed by atoms with E-state index < -0.39 is 23.3 Å². The monoisotopic (exact) mass is 371 g/mol. The standard InChI is InChI=1S/C19H25N5O3/c1-4-23-7-8-24-14-6-5-13(20)9-12(14)10-19(15(24)11-23)16(25)21(2)18(27)22(3)17(19)26/h5-6,9,15H,4,7-8,10-11,20H2,1-3H3/t15-/m1/s1. The number of likely N-dealkylation sites (N-methyl/N-ethyl adjacent to an activating group) is 1. The molecule has 4 amide bonds. The van der Waals surface area contributed by atoms with E-state index >= 15 is 0 Å². The van der Waals surface area contributed by atoms with Gasteiger partial charge in [0.2, 0.25) is 11.8 Å². The second-order valence-corrected chi connectivity index (χ2v) is 7.65. The minimum Gasteiger partial charge on any atom is -0.399 e. The number of nitrogens with two attached hydrogens (primary N) is 1. The first kappa shape index (κ1) is 17.8. The van der Waals surface area contributed by atoms with Crippen molar-refractivity contribution in [2.45, 2.75) is 19.4 Å². The third-order valence-electron chi connectivity index (χ3n) is 6.31. The average Bonchev–Trinajstić information content (AvgIpc) is 2.68. The summed E-state index contributed by atoms with van der Waals surface area (Å²) in [5.41, 5.74) is 7.18. The molecule has 0 bridgehead atoms. The molecule has 0 saturated carbocycles. The Labute approximate surface area is 158 Å². The summed E-state index contributed by atoms with van der Waals surface area (Å²) in [7, 11) is 2.91. The number of rotatable bonds is 1. The third-order valence-corrected chi connectivity index (χ3v) is 6.31. The molecular formula is C19H25N5O3. The summed E-state index contributed by atoms with van der Waals surface area (Å²) >= 11 is 0. The zero-order chi connectivity index (χ0) is 19.5. The van der Waals surface area contributed by atoms with Crippen LogP contribution in [0.1, 0.15) is 12.5 Å². The molecule has 8 nitrogen and oxygen atoms in total. The Bertz CT molecular complexity index is 815. The minimum absolute atomic E-state index is 0.256. The molecule has 2 fully saturated rings. The SMILES string of the molecule is CCN1CCN2c3ccc(N)cc3CC3(C(=O)N(C)C(=O)N(C)C3=O)[C@H]2C1. The van der Waals surface area contributed by atoms with Gasteiger partial charge in [0.15, 0.2) is 5.41 Å². The maximum Gasteiger partial charge on any atom is 0.332 e. The van der Waals surface area contributed by atoms with Gasteiger partial charge in [0.25, 0.3) is 0 Å². The molecule has 4 rings (SSSR count). The topological polar surface area (TPSA) is 90.2 Å². The van der Waals surface area contributed by atoms with Crippen molar-refractivity contribution in [3.63, 3.8) is 0 Å². The Morgan fingerprint density at radius 1 is 1.11 bits per heavy atom. The number of carbonyl (C=O) groups excluding carboxylic acids is 3. The fourth-order valence-electron chi connectivity index (χ4n) is 4.81. The van der Waals surface area contributed by atoms with Crippen molar-refractivity contribution in [3.05, 3.63) is 23.8 Å². The van der Waals surface area contributed by atoms with Crippen LogP contribution in [0.3, 0.4) is 0 Å². The summed E-state index contributed by atoms with van der Waals surface area (Å²) in [6.07, 6.45) is 0.256. The van der Waals surface area contributed by atoms with Crippen molar-refractivity contribution in [1.82, 2.24) is 14.7 Å². The van der Waals surface area contributed by atoms with E-state index in [4.69, 9.17) is 5.73 Å². The molecule has 2 saturated heterocycles. The molecule has 1 aromatic carbocycles. The first-order chi connectivity index (χ1) is 12.8. The minimum atomic E-state index is -1.31. The Morgan fingerprint density at radius 2 is 1.78 bits per heavy atom. The number of barbiturate groups is 1. The van der Waals surface area contributed by atoms with Gasteiger partial charge >= 0.3 is 6.03 Å². The highest BCUT2D eigenvalue weighted by atomic mass is 16.2. The van der Waals surface area contributed by atoms with Crippen LogP contribution in [0.2, 0.25) is 0 Å². The molecule has 1 atom stereocenters. The van der Waals surface area contributed by atoms with Crippen LogP contribution in [0.4, 0.5) is 16.2 Å². The summed E-state index contributed by atoms with van der Waals surface area (Å²) in [6, 6.07) is 4.77. The van der Waals surface area contributed by atoms with Gasteiger partial charge < -0.3 is 10.6 Å². The first-order valence-electron chi connectivity index (χ1n) is 9.29. The van der Waals surface area contributed by atoms with Gasteiger partial charge in [-0.2, -0.15) is 0 Å². The van der Waals surface area contributed by atoms with Crippen molar-refractivity contribution < 1.29 is 14.4 Å². The number of carbonyl (C=O) groups is 3. The number of hydrogen-bond acceptors (Lipinski definition) is 6. The zero-order valence-corrected chi connectivity index (χ0v) is 15.9. The number of piperazine rings is 1. The smallest absolute Gasteiger partial charge is 0.332 e. The van der Waals surface area contributed by atoms with E-state index in [0.29, 0.717) is 12.2 Å². The lowest BCUT2D eigenvalue weighted by atomic mass is 9.67. The summed E-state index contributed by atoms with van der Waals surface area (Å²) in [5.74, 6) is -0.840. The molecule has 3 heterocycles. The molecule has 0 unspecified atom stereocenters. The number of urea groups is 1. The van der Waals surface area contributed by atoms with E-state index in [-0.39, 0.29) is 12.5 Å². The van der Waals surface area contributed by atoms with Gasteiger partial charge in [0.05, 0.1) is 6.04 Å². The van der Waals surface area contributed by atoms with Gasteiger partial charge in [-0.25, -0.2) is 4.79 Å². The number of amides is 4. The van der Waals surface area contributed by atoms with Gasteiger partial charge in [-0.15, -0.1) is 0 Å². The number of anilines is 2. The number of nitrogen functional groups attached to an aromatic ring is 1. The molecule has 3 aliphatic rings. The van der Waals surface area contributed by atoms with Crippen molar-refractivity contribution in [1.29, 1.82) is 0 Å². The van der Waals surface area contributed by atoms with E-state index in [1.807, 2.05) is 18.2 Å². The number of hydrogen-bond donors (Lipinski definition) is 1. The van der Waals surface area contributed by atoms with Crippen LogP contribution >= 0.6 is 0 Å². The zero-order valence-electron chi connectivity index (χ0n) is 15.9. The number of benzene rings is 1. The van der Waals surface area contributed by atoms with Crippen LogP contribution in [-0.2, 0) is 16.0 Å². The number of fused-ring (bicyclic) bond motifs is 4. The molecule has 144 valence electrons. The quantitative estimate of drug-likeness (QED) is 0.567. The molecular weight excluding hydrogens is 346 g/mol. The van der Waals surface area contributed by atoms with Gasteiger partial charge in [-0.05, 0) is 36.7 Å². The Morgan fingerprint density at radius 3 is 2.41 bits per heavy atom. The lowest BCUT2D eigenvalue weighted by Crippen LogP contribution is -2.74. The number of nitrogens with zero attached hydrogens (tertiary/aromatic N) is 4. The number of imide groups is 2. The summed E-state index contributed by atoms with van der Waals surface area (Å²) in [6.45, 7) is 5.11. The second-order valence-electron chi connectivity index (χ2n) is 7.65. The van der Waals surface area contributed by atoms with Crippen LogP contribution in [0.15, 0.2) is 18.2 Å². The third kappa shape index (κ3) is 2.29. The fraction of sp³-hybridized carbons (Fsp3) is 0.526. The van der Waals surface area contributed by atoms with E-state index in [1.165, 1.54) is 14.1 Å². The molecule has 1 aromatic rings. The molecule has 1 spiro atoms.